The van der Waals surface area contributed by atoms with Crippen molar-refractivity contribution in [3.8, 4) is 11.3 Å². The van der Waals surface area contributed by atoms with Crippen LogP contribution in [0.2, 0.25) is 0 Å². The molecule has 0 spiro atoms. The Morgan fingerprint density at radius 3 is 2.61 bits per heavy atom. The fourth-order valence-corrected chi connectivity index (χ4v) is 2.11. The second-order valence-corrected chi connectivity index (χ2v) is 4.96. The molecule has 3 aromatic rings. The van der Waals surface area contributed by atoms with Gasteiger partial charge in [-0.15, -0.1) is 0 Å². The summed E-state index contributed by atoms with van der Waals surface area (Å²) in [6.45, 7) is 1.89. The minimum Gasteiger partial charge on any atom is -0.478 e. The van der Waals surface area contributed by atoms with E-state index in [-0.39, 0.29) is 5.56 Å². The molecule has 6 nitrogen and oxygen atoms in total. The van der Waals surface area contributed by atoms with Crippen molar-refractivity contribution in [2.75, 3.05) is 5.32 Å². The van der Waals surface area contributed by atoms with Gasteiger partial charge in [0.1, 0.15) is 0 Å². The third-order valence-electron chi connectivity index (χ3n) is 3.36. The van der Waals surface area contributed by atoms with E-state index in [4.69, 9.17) is 5.11 Å². The summed E-state index contributed by atoms with van der Waals surface area (Å²) >= 11 is 0. The van der Waals surface area contributed by atoms with Crippen molar-refractivity contribution < 1.29 is 9.90 Å². The van der Waals surface area contributed by atoms with Crippen LogP contribution in [0.5, 0.6) is 0 Å². The topological polar surface area (TPSA) is 88.0 Å². The van der Waals surface area contributed by atoms with Gasteiger partial charge >= 0.3 is 5.97 Å². The van der Waals surface area contributed by atoms with Crippen molar-refractivity contribution in [2.24, 2.45) is 0 Å². The number of hydrogen-bond donors (Lipinski definition) is 2. The van der Waals surface area contributed by atoms with Crippen LogP contribution in [0.1, 0.15) is 15.9 Å². The van der Waals surface area contributed by atoms with Crippen LogP contribution in [0.3, 0.4) is 0 Å². The highest BCUT2D eigenvalue weighted by Crippen LogP contribution is 2.22. The Labute approximate surface area is 132 Å². The van der Waals surface area contributed by atoms with Gasteiger partial charge in [-0.2, -0.15) is 0 Å². The molecule has 0 saturated heterocycles. The first-order chi connectivity index (χ1) is 11.1. The molecule has 23 heavy (non-hydrogen) atoms. The molecule has 2 N–H and O–H groups in total. The largest absolute Gasteiger partial charge is 0.478 e. The second kappa shape index (κ2) is 6.23. The molecule has 0 aliphatic rings. The molecule has 3 rings (SSSR count). The first-order valence-corrected chi connectivity index (χ1v) is 6.98. The number of aromatic nitrogens is 3. The molecule has 0 unspecified atom stereocenters. The first kappa shape index (κ1) is 14.6. The number of rotatable bonds is 4. The number of benzene rings is 1. The summed E-state index contributed by atoms with van der Waals surface area (Å²) in [6.07, 6.45) is 5.05. The van der Waals surface area contributed by atoms with E-state index >= 15 is 0 Å². The summed E-state index contributed by atoms with van der Waals surface area (Å²) in [4.78, 5) is 23.7. The van der Waals surface area contributed by atoms with Crippen molar-refractivity contribution >= 4 is 17.6 Å². The van der Waals surface area contributed by atoms with Gasteiger partial charge in [0.25, 0.3) is 0 Å². The summed E-state index contributed by atoms with van der Waals surface area (Å²) in [5.74, 6) is -0.565. The predicted molar refractivity (Wildman–Crippen MR) is 86.7 cm³/mol. The highest BCUT2D eigenvalue weighted by atomic mass is 16.4. The number of carbonyl (C=O) groups is 1. The molecule has 0 saturated carbocycles. The predicted octanol–water partition coefficient (Wildman–Crippen LogP) is 3.29. The van der Waals surface area contributed by atoms with E-state index in [0.29, 0.717) is 11.6 Å². The molecule has 0 amide bonds. The van der Waals surface area contributed by atoms with E-state index in [9.17, 15) is 4.79 Å². The molecule has 0 aliphatic heterocycles. The van der Waals surface area contributed by atoms with Crippen LogP contribution in [0.15, 0.2) is 55.0 Å². The summed E-state index contributed by atoms with van der Waals surface area (Å²) in [6, 6.07) is 10.4. The quantitative estimate of drug-likeness (QED) is 0.769. The van der Waals surface area contributed by atoms with E-state index in [1.807, 2.05) is 19.1 Å². The molecule has 0 aliphatic carbocycles. The Balaban J connectivity index is 1.92. The third-order valence-corrected chi connectivity index (χ3v) is 3.36. The number of hydrogen-bond acceptors (Lipinski definition) is 5. The maximum absolute atomic E-state index is 11.1. The van der Waals surface area contributed by atoms with Crippen LogP contribution in [-0.4, -0.2) is 26.0 Å². The van der Waals surface area contributed by atoms with Gasteiger partial charge in [-0.3, -0.25) is 4.98 Å². The zero-order valence-corrected chi connectivity index (χ0v) is 12.4. The summed E-state index contributed by atoms with van der Waals surface area (Å²) < 4.78 is 0. The number of nitrogens with zero attached hydrogens (tertiary/aromatic N) is 3. The van der Waals surface area contributed by atoms with Gasteiger partial charge in [0.05, 0.1) is 11.3 Å². The zero-order chi connectivity index (χ0) is 16.2. The van der Waals surface area contributed by atoms with Crippen molar-refractivity contribution in [3.05, 3.63) is 66.1 Å². The fourth-order valence-electron chi connectivity index (χ4n) is 2.11. The molecule has 0 atom stereocenters. The number of aromatic carboxylic acids is 1. The van der Waals surface area contributed by atoms with E-state index in [0.717, 1.165) is 16.8 Å². The molecule has 2 heterocycles. The van der Waals surface area contributed by atoms with Crippen LogP contribution in [-0.2, 0) is 0 Å². The molecule has 2 aromatic heterocycles. The maximum atomic E-state index is 11.1. The third kappa shape index (κ3) is 3.32. The minimum atomic E-state index is -0.973. The zero-order valence-electron chi connectivity index (χ0n) is 12.4. The van der Waals surface area contributed by atoms with Crippen LogP contribution >= 0.6 is 0 Å². The van der Waals surface area contributed by atoms with Crippen LogP contribution in [0, 0.1) is 6.92 Å². The van der Waals surface area contributed by atoms with Gasteiger partial charge in [-0.05, 0) is 42.8 Å². The number of carboxylic acids is 1. The molecular weight excluding hydrogens is 292 g/mol. The van der Waals surface area contributed by atoms with E-state index in [1.165, 1.54) is 0 Å². The number of anilines is 2. The standard InChI is InChI=1S/C17H14N4O2/c1-11-2-3-13(16(22)23)10-15(11)21-17-19-9-6-14(20-17)12-4-7-18-8-5-12/h2-10H,1H3,(H,22,23)(H,19,20,21). The molecule has 1 aromatic carbocycles. The lowest BCUT2D eigenvalue weighted by molar-refractivity contribution is 0.0697. The van der Waals surface area contributed by atoms with Gasteiger partial charge in [-0.25, -0.2) is 14.8 Å². The lowest BCUT2D eigenvalue weighted by Crippen LogP contribution is -2.02. The SMILES string of the molecule is Cc1ccc(C(=O)O)cc1Nc1nccc(-c2ccncc2)n1. The highest BCUT2D eigenvalue weighted by molar-refractivity contribution is 5.89. The normalized spacial score (nSPS) is 10.3. The average Bonchev–Trinajstić information content (AvgIpc) is 2.58. The van der Waals surface area contributed by atoms with Crippen LogP contribution < -0.4 is 5.32 Å². The van der Waals surface area contributed by atoms with Crippen LogP contribution in [0.4, 0.5) is 11.6 Å². The van der Waals surface area contributed by atoms with Crippen LogP contribution in [0.25, 0.3) is 11.3 Å². The first-order valence-electron chi connectivity index (χ1n) is 6.98. The number of carboxylic acid groups (broad SMARTS) is 1. The van der Waals surface area contributed by atoms with Gasteiger partial charge < -0.3 is 10.4 Å². The highest BCUT2D eigenvalue weighted by Gasteiger charge is 2.08. The monoisotopic (exact) mass is 306 g/mol. The Kier molecular flexibility index (Phi) is 3.97. The smallest absolute Gasteiger partial charge is 0.335 e. The molecule has 0 fully saturated rings. The van der Waals surface area contributed by atoms with Gasteiger partial charge in [0, 0.05) is 29.8 Å². The van der Waals surface area contributed by atoms with E-state index < -0.39 is 5.97 Å². The Morgan fingerprint density at radius 1 is 1.09 bits per heavy atom. The van der Waals surface area contributed by atoms with Gasteiger partial charge in [-0.1, -0.05) is 6.07 Å². The average molecular weight is 306 g/mol. The lowest BCUT2D eigenvalue weighted by atomic mass is 10.1. The molecule has 6 heteroatoms. The Morgan fingerprint density at radius 2 is 1.87 bits per heavy atom. The second-order valence-electron chi connectivity index (χ2n) is 4.96. The molecule has 0 radical (unpaired) electrons. The number of aryl methyl sites for hydroxylation is 1. The van der Waals surface area contributed by atoms with Crippen molar-refractivity contribution in [1.29, 1.82) is 0 Å². The lowest BCUT2D eigenvalue weighted by Gasteiger charge is -2.10. The van der Waals surface area contributed by atoms with E-state index in [1.54, 1.807) is 42.9 Å². The van der Waals surface area contributed by atoms with Crippen molar-refractivity contribution in [1.82, 2.24) is 15.0 Å². The summed E-state index contributed by atoms with van der Waals surface area (Å²) in [5.41, 5.74) is 3.48. The fraction of sp³-hybridized carbons (Fsp3) is 0.0588. The van der Waals surface area contributed by atoms with Crippen molar-refractivity contribution in [3.63, 3.8) is 0 Å². The van der Waals surface area contributed by atoms with E-state index in [2.05, 4.69) is 20.3 Å². The Bertz CT molecular complexity index is 850. The van der Waals surface area contributed by atoms with Crippen molar-refractivity contribution in [2.45, 2.75) is 6.92 Å². The molecule has 0 bridgehead atoms. The van der Waals surface area contributed by atoms with Gasteiger partial charge in [0.15, 0.2) is 0 Å². The number of pyridine rings is 1. The molecule has 114 valence electrons. The minimum absolute atomic E-state index is 0.211. The maximum Gasteiger partial charge on any atom is 0.335 e. The Hall–Kier alpha value is -3.28. The summed E-state index contributed by atoms with van der Waals surface area (Å²) in [5, 5.41) is 12.2. The summed E-state index contributed by atoms with van der Waals surface area (Å²) in [7, 11) is 0. The van der Waals surface area contributed by atoms with Gasteiger partial charge in [0.2, 0.25) is 5.95 Å². The molecular formula is C17H14N4O2. The number of nitrogens with one attached hydrogen (secondary N) is 1.